The van der Waals surface area contributed by atoms with E-state index in [1.165, 1.54) is 12.1 Å². The number of benzene rings is 2. The maximum atomic E-state index is 12.8. The Hall–Kier alpha value is -3.88. The topological polar surface area (TPSA) is 173 Å². The average Bonchev–Trinajstić information content (AvgIpc) is 3.05. The Morgan fingerprint density at radius 2 is 1.66 bits per heavy atom. The zero-order valence-corrected chi connectivity index (χ0v) is 17.4. The van der Waals surface area contributed by atoms with E-state index in [9.17, 15) is 33.3 Å². The zero-order chi connectivity index (χ0) is 23.5. The summed E-state index contributed by atoms with van der Waals surface area (Å²) in [5.41, 5.74) is 0.893. The number of rotatable bonds is 8. The van der Waals surface area contributed by atoms with E-state index in [1.807, 2.05) is 11.1 Å². The monoisotopic (exact) mass is 457 g/mol. The fourth-order valence-corrected chi connectivity index (χ4v) is 4.74. The highest BCUT2D eigenvalue weighted by Gasteiger charge is 2.29. The first-order valence-corrected chi connectivity index (χ1v) is 11.0. The van der Waals surface area contributed by atoms with Gasteiger partial charge in [-0.05, 0) is 35.4 Å². The maximum Gasteiger partial charge on any atom is 0.328 e. The molecular formula is C21H19N3O7S. The summed E-state index contributed by atoms with van der Waals surface area (Å²) >= 11 is 0. The normalized spacial score (nSPS) is 12.2. The van der Waals surface area contributed by atoms with Gasteiger partial charge in [-0.2, -0.15) is 5.26 Å². The number of hydrogen-bond donors (Lipinski definition) is 4. The van der Waals surface area contributed by atoms with Gasteiger partial charge in [-0.3, -0.25) is 14.3 Å². The van der Waals surface area contributed by atoms with E-state index in [2.05, 4.69) is 0 Å². The molecule has 1 unspecified atom stereocenters. The number of H-pyrrole nitrogens is 1. The van der Waals surface area contributed by atoms with Crippen molar-refractivity contribution in [3.63, 3.8) is 0 Å². The molecule has 11 heteroatoms. The van der Waals surface area contributed by atoms with Crippen molar-refractivity contribution in [2.75, 3.05) is 5.75 Å². The van der Waals surface area contributed by atoms with Gasteiger partial charge in [0.1, 0.15) is 5.69 Å². The minimum atomic E-state index is -4.03. The van der Waals surface area contributed by atoms with Gasteiger partial charge in [0.05, 0.1) is 34.8 Å². The number of sulfone groups is 1. The lowest BCUT2D eigenvalue weighted by molar-refractivity contribution is -0.141. The van der Waals surface area contributed by atoms with Crippen LogP contribution in [-0.4, -0.2) is 45.0 Å². The molecule has 3 rings (SSSR count). The van der Waals surface area contributed by atoms with Crippen molar-refractivity contribution in [2.24, 2.45) is 5.92 Å². The number of nitrogens with zero attached hydrogens (tertiary/aromatic N) is 2. The summed E-state index contributed by atoms with van der Waals surface area (Å²) in [6.07, 6.45) is 0. The van der Waals surface area contributed by atoms with Gasteiger partial charge in [-0.1, -0.05) is 24.3 Å². The number of hydrogen-bond acceptors (Lipinski definition) is 7. The van der Waals surface area contributed by atoms with Crippen LogP contribution in [0, 0.1) is 17.2 Å². The summed E-state index contributed by atoms with van der Waals surface area (Å²) < 4.78 is 26.4. The number of aliphatic hydroxyl groups is 1. The Bertz CT molecular complexity index is 1330. The molecule has 3 aromatic rings. The molecule has 1 aromatic heterocycles. The summed E-state index contributed by atoms with van der Waals surface area (Å²) in [5, 5.41) is 37.3. The minimum absolute atomic E-state index is 0.0900. The van der Waals surface area contributed by atoms with Crippen LogP contribution in [0.2, 0.25) is 0 Å². The van der Waals surface area contributed by atoms with E-state index in [-0.39, 0.29) is 10.6 Å². The molecule has 4 N–H and O–H groups in total. The molecule has 0 fully saturated rings. The fraction of sp³-hybridized carbons (Fsp3) is 0.190. The van der Waals surface area contributed by atoms with Gasteiger partial charge in [0.15, 0.2) is 9.84 Å². The number of aromatic amines is 1. The predicted molar refractivity (Wildman–Crippen MR) is 112 cm³/mol. The van der Waals surface area contributed by atoms with Gasteiger partial charge in [-0.15, -0.1) is 0 Å². The van der Waals surface area contributed by atoms with Crippen LogP contribution in [0.5, 0.6) is 5.88 Å². The third kappa shape index (κ3) is 4.72. The van der Waals surface area contributed by atoms with Crippen LogP contribution >= 0.6 is 0 Å². The largest absolute Gasteiger partial charge is 0.493 e. The van der Waals surface area contributed by atoms with Crippen LogP contribution < -0.4 is 5.69 Å². The standard InChI is InChI=1S/C21H19N3O7S/c22-9-13-1-3-14(4-2-13)15-5-7-17(8-6-15)32(30,31)12-16(20(27)28)10-24-18(11-25)19(26)23-21(24)29/h1-8,16,25-26H,10-12H2,(H,23,29)(H,27,28). The number of aromatic hydroxyl groups is 1. The lowest BCUT2D eigenvalue weighted by atomic mass is 10.0. The second-order valence-electron chi connectivity index (χ2n) is 7.02. The van der Waals surface area contributed by atoms with Crippen molar-refractivity contribution in [2.45, 2.75) is 18.0 Å². The molecular weight excluding hydrogens is 438 g/mol. The van der Waals surface area contributed by atoms with Crippen LogP contribution in [0.15, 0.2) is 58.2 Å². The molecule has 0 saturated heterocycles. The Balaban J connectivity index is 1.84. The summed E-state index contributed by atoms with van der Waals surface area (Å²) in [6, 6.07) is 14.6. The Labute approximate surface area is 182 Å². The molecule has 1 heterocycles. The Morgan fingerprint density at radius 1 is 1.09 bits per heavy atom. The molecule has 0 saturated carbocycles. The first-order valence-electron chi connectivity index (χ1n) is 9.34. The van der Waals surface area contributed by atoms with Crippen molar-refractivity contribution in [3.05, 3.63) is 70.3 Å². The Kier molecular flexibility index (Phi) is 6.47. The molecule has 0 spiro atoms. The predicted octanol–water partition coefficient (Wildman–Crippen LogP) is 1.09. The molecule has 32 heavy (non-hydrogen) atoms. The number of nitriles is 1. The van der Waals surface area contributed by atoms with Crippen LogP contribution in [-0.2, 0) is 27.8 Å². The second kappa shape index (κ2) is 9.09. The molecule has 166 valence electrons. The third-order valence-electron chi connectivity index (χ3n) is 4.95. The smallest absolute Gasteiger partial charge is 0.328 e. The van der Waals surface area contributed by atoms with E-state index < -0.39 is 52.2 Å². The maximum absolute atomic E-state index is 12.8. The quantitative estimate of drug-likeness (QED) is 0.389. The van der Waals surface area contributed by atoms with E-state index in [4.69, 9.17) is 5.26 Å². The van der Waals surface area contributed by atoms with Gasteiger partial charge in [0.2, 0.25) is 5.88 Å². The van der Waals surface area contributed by atoms with Gasteiger partial charge < -0.3 is 15.3 Å². The second-order valence-corrected chi connectivity index (χ2v) is 9.06. The molecule has 0 aliphatic carbocycles. The van der Waals surface area contributed by atoms with Gasteiger partial charge >= 0.3 is 11.7 Å². The van der Waals surface area contributed by atoms with E-state index in [1.54, 1.807) is 36.4 Å². The number of imidazole rings is 1. The van der Waals surface area contributed by atoms with Crippen molar-refractivity contribution in [3.8, 4) is 23.1 Å². The fourth-order valence-electron chi connectivity index (χ4n) is 3.22. The average molecular weight is 457 g/mol. The lowest BCUT2D eigenvalue weighted by Crippen LogP contribution is -2.32. The number of carboxylic acid groups (broad SMARTS) is 1. The Morgan fingerprint density at radius 3 is 2.16 bits per heavy atom. The summed E-state index contributed by atoms with van der Waals surface area (Å²) in [6.45, 7) is -1.29. The molecule has 2 aromatic carbocycles. The highest BCUT2D eigenvalue weighted by atomic mass is 32.2. The third-order valence-corrected chi connectivity index (χ3v) is 6.78. The number of nitrogens with one attached hydrogen (secondary N) is 1. The molecule has 0 aliphatic rings. The zero-order valence-electron chi connectivity index (χ0n) is 16.6. The number of aliphatic carboxylic acids is 1. The van der Waals surface area contributed by atoms with E-state index in [0.29, 0.717) is 11.1 Å². The summed E-state index contributed by atoms with van der Waals surface area (Å²) in [4.78, 5) is 25.5. The highest BCUT2D eigenvalue weighted by molar-refractivity contribution is 7.91. The van der Waals surface area contributed by atoms with Crippen molar-refractivity contribution in [1.82, 2.24) is 9.55 Å². The first-order chi connectivity index (χ1) is 15.2. The molecule has 0 radical (unpaired) electrons. The molecule has 0 bridgehead atoms. The summed E-state index contributed by atoms with van der Waals surface area (Å²) in [7, 11) is -4.03. The molecule has 0 aliphatic heterocycles. The number of aliphatic hydroxyl groups excluding tert-OH is 1. The van der Waals surface area contributed by atoms with Gasteiger partial charge in [-0.25, -0.2) is 13.2 Å². The van der Waals surface area contributed by atoms with Gasteiger partial charge in [0, 0.05) is 6.54 Å². The molecule has 1 atom stereocenters. The van der Waals surface area contributed by atoms with Crippen LogP contribution in [0.25, 0.3) is 11.1 Å². The summed E-state index contributed by atoms with van der Waals surface area (Å²) in [5.74, 6) is -4.35. The molecule has 10 nitrogen and oxygen atoms in total. The van der Waals surface area contributed by atoms with Crippen LogP contribution in [0.1, 0.15) is 11.3 Å². The van der Waals surface area contributed by atoms with E-state index >= 15 is 0 Å². The minimum Gasteiger partial charge on any atom is -0.493 e. The molecule has 0 amide bonds. The van der Waals surface area contributed by atoms with Crippen LogP contribution in [0.3, 0.4) is 0 Å². The van der Waals surface area contributed by atoms with Crippen molar-refractivity contribution < 1.29 is 28.5 Å². The lowest BCUT2D eigenvalue weighted by Gasteiger charge is -2.15. The number of carboxylic acids is 1. The van der Waals surface area contributed by atoms with Crippen LogP contribution in [0.4, 0.5) is 0 Å². The van der Waals surface area contributed by atoms with Crippen molar-refractivity contribution >= 4 is 15.8 Å². The first kappa shape index (κ1) is 22.8. The number of aromatic nitrogens is 2. The number of carbonyl (C=O) groups is 1. The SMILES string of the molecule is N#Cc1ccc(-c2ccc(S(=O)(=O)CC(Cn3c(CO)c(O)[nH]c3=O)C(=O)O)cc2)cc1. The highest BCUT2D eigenvalue weighted by Crippen LogP contribution is 2.24. The van der Waals surface area contributed by atoms with Crippen molar-refractivity contribution in [1.29, 1.82) is 5.26 Å². The van der Waals surface area contributed by atoms with E-state index in [0.717, 1.165) is 10.1 Å². The van der Waals surface area contributed by atoms with Gasteiger partial charge in [0.25, 0.3) is 0 Å².